The molecule has 6 heteroatoms. The number of hydrogen-bond donors (Lipinski definition) is 3. The normalized spacial score (nSPS) is 11.8. The molecule has 0 fully saturated rings. The Balaban J connectivity index is 2.17. The third kappa shape index (κ3) is 6.81. The van der Waals surface area contributed by atoms with Gasteiger partial charge in [-0.3, -0.25) is 4.79 Å². The van der Waals surface area contributed by atoms with Gasteiger partial charge < -0.3 is 15.7 Å². The SMILES string of the molecule is CCC(CCNC(=O)Nc1ccsc1)CCC(=O)O. The van der Waals surface area contributed by atoms with Crippen molar-refractivity contribution in [3.63, 3.8) is 0 Å². The maximum atomic E-state index is 11.5. The number of carboxylic acids is 1. The summed E-state index contributed by atoms with van der Waals surface area (Å²) in [5.41, 5.74) is 0.792. The van der Waals surface area contributed by atoms with Crippen LogP contribution < -0.4 is 10.6 Å². The van der Waals surface area contributed by atoms with Gasteiger partial charge >= 0.3 is 12.0 Å². The van der Waals surface area contributed by atoms with E-state index in [1.807, 2.05) is 23.8 Å². The molecule has 1 heterocycles. The van der Waals surface area contributed by atoms with E-state index in [1.165, 1.54) is 11.3 Å². The van der Waals surface area contributed by atoms with Crippen LogP contribution >= 0.6 is 11.3 Å². The van der Waals surface area contributed by atoms with E-state index in [4.69, 9.17) is 5.11 Å². The first-order valence-electron chi connectivity index (χ1n) is 6.40. The van der Waals surface area contributed by atoms with Gasteiger partial charge in [0.1, 0.15) is 0 Å². The van der Waals surface area contributed by atoms with Crippen molar-refractivity contribution >= 4 is 29.0 Å². The molecule has 3 N–H and O–H groups in total. The van der Waals surface area contributed by atoms with Crippen LogP contribution in [-0.4, -0.2) is 23.7 Å². The number of thiophene rings is 1. The number of aliphatic carboxylic acids is 1. The van der Waals surface area contributed by atoms with E-state index in [9.17, 15) is 9.59 Å². The second-order valence-electron chi connectivity index (χ2n) is 4.39. The lowest BCUT2D eigenvalue weighted by atomic mass is 9.97. The largest absolute Gasteiger partial charge is 0.481 e. The quantitative estimate of drug-likeness (QED) is 0.686. The Bertz CT molecular complexity index is 393. The molecular weight excluding hydrogens is 264 g/mol. The molecule has 1 aromatic rings. The van der Waals surface area contributed by atoms with E-state index in [0.717, 1.165) is 18.5 Å². The highest BCUT2D eigenvalue weighted by Gasteiger charge is 2.09. The fourth-order valence-electron chi connectivity index (χ4n) is 1.78. The Kier molecular flexibility index (Phi) is 6.95. The van der Waals surface area contributed by atoms with Gasteiger partial charge in [-0.1, -0.05) is 13.3 Å². The summed E-state index contributed by atoms with van der Waals surface area (Å²) in [7, 11) is 0. The summed E-state index contributed by atoms with van der Waals surface area (Å²) in [6, 6.07) is 1.62. The van der Waals surface area contributed by atoms with Gasteiger partial charge in [0.05, 0.1) is 5.69 Å². The molecule has 0 aromatic carbocycles. The van der Waals surface area contributed by atoms with Crippen molar-refractivity contribution in [1.29, 1.82) is 0 Å². The monoisotopic (exact) mass is 284 g/mol. The second kappa shape index (κ2) is 8.53. The molecular formula is C13H20N2O3S. The average Bonchev–Trinajstić information content (AvgIpc) is 2.86. The molecule has 0 radical (unpaired) electrons. The smallest absolute Gasteiger partial charge is 0.319 e. The van der Waals surface area contributed by atoms with Crippen LogP contribution in [0.15, 0.2) is 16.8 Å². The van der Waals surface area contributed by atoms with Crippen molar-refractivity contribution < 1.29 is 14.7 Å². The Labute approximate surface area is 117 Å². The van der Waals surface area contributed by atoms with Crippen LogP contribution in [0.25, 0.3) is 0 Å². The molecule has 2 amide bonds. The number of urea groups is 1. The fourth-order valence-corrected chi connectivity index (χ4v) is 2.37. The summed E-state index contributed by atoms with van der Waals surface area (Å²) in [6.45, 7) is 2.60. The minimum atomic E-state index is -0.762. The van der Waals surface area contributed by atoms with Crippen LogP contribution in [0.2, 0.25) is 0 Å². The van der Waals surface area contributed by atoms with Crippen molar-refractivity contribution in [3.05, 3.63) is 16.8 Å². The van der Waals surface area contributed by atoms with E-state index in [0.29, 0.717) is 18.9 Å². The van der Waals surface area contributed by atoms with Crippen molar-refractivity contribution in [2.24, 2.45) is 5.92 Å². The predicted molar refractivity (Wildman–Crippen MR) is 76.6 cm³/mol. The number of nitrogens with one attached hydrogen (secondary N) is 2. The van der Waals surface area contributed by atoms with Crippen molar-refractivity contribution in [2.75, 3.05) is 11.9 Å². The zero-order valence-electron chi connectivity index (χ0n) is 11.0. The van der Waals surface area contributed by atoms with Crippen molar-refractivity contribution in [3.8, 4) is 0 Å². The zero-order valence-corrected chi connectivity index (χ0v) is 11.8. The number of anilines is 1. The topological polar surface area (TPSA) is 78.4 Å². The number of carbonyl (C=O) groups is 2. The summed E-state index contributed by atoms with van der Waals surface area (Å²) in [5, 5.41) is 17.9. The average molecular weight is 284 g/mol. The predicted octanol–water partition coefficient (Wildman–Crippen LogP) is 3.15. The molecule has 5 nitrogen and oxygen atoms in total. The lowest BCUT2D eigenvalue weighted by molar-refractivity contribution is -0.137. The van der Waals surface area contributed by atoms with Gasteiger partial charge in [-0.15, -0.1) is 0 Å². The molecule has 0 aliphatic rings. The summed E-state index contributed by atoms with van der Waals surface area (Å²) < 4.78 is 0. The molecule has 0 bridgehead atoms. The molecule has 106 valence electrons. The first-order valence-corrected chi connectivity index (χ1v) is 7.35. The Morgan fingerprint density at radius 3 is 2.79 bits per heavy atom. The third-order valence-corrected chi connectivity index (χ3v) is 3.64. The first kappa shape index (κ1) is 15.5. The van der Waals surface area contributed by atoms with E-state index < -0.39 is 5.97 Å². The fraction of sp³-hybridized carbons (Fsp3) is 0.538. The molecule has 0 aliphatic heterocycles. The van der Waals surface area contributed by atoms with Gasteiger partial charge in [0.2, 0.25) is 0 Å². The molecule has 1 unspecified atom stereocenters. The molecule has 0 aliphatic carbocycles. The van der Waals surface area contributed by atoms with Crippen LogP contribution in [0.1, 0.15) is 32.6 Å². The van der Waals surface area contributed by atoms with Gasteiger partial charge in [-0.2, -0.15) is 11.3 Å². The first-order chi connectivity index (χ1) is 9.11. The van der Waals surface area contributed by atoms with E-state index in [-0.39, 0.29) is 12.5 Å². The Morgan fingerprint density at radius 1 is 1.42 bits per heavy atom. The summed E-state index contributed by atoms with van der Waals surface area (Å²) in [4.78, 5) is 22.0. The highest BCUT2D eigenvalue weighted by Crippen LogP contribution is 2.15. The van der Waals surface area contributed by atoms with Crippen molar-refractivity contribution in [1.82, 2.24) is 5.32 Å². The van der Waals surface area contributed by atoms with Gasteiger partial charge in [0.15, 0.2) is 0 Å². The standard InChI is InChI=1S/C13H20N2O3S/c1-2-10(3-4-12(16)17)5-7-14-13(18)15-11-6-8-19-9-11/h6,8-10H,2-5,7H2,1H3,(H,16,17)(H2,14,15,18). The van der Waals surface area contributed by atoms with Crippen LogP contribution in [-0.2, 0) is 4.79 Å². The van der Waals surface area contributed by atoms with Crippen LogP contribution in [0.5, 0.6) is 0 Å². The number of amides is 2. The molecule has 1 aromatic heterocycles. The molecule has 1 rings (SSSR count). The Hall–Kier alpha value is -1.56. The van der Waals surface area contributed by atoms with Gasteiger partial charge in [-0.25, -0.2) is 4.79 Å². The van der Waals surface area contributed by atoms with Gasteiger partial charge in [-0.05, 0) is 30.2 Å². The Morgan fingerprint density at radius 2 is 2.21 bits per heavy atom. The number of carbonyl (C=O) groups excluding carboxylic acids is 1. The number of carboxylic acid groups (broad SMARTS) is 1. The summed E-state index contributed by atoms with van der Waals surface area (Å²) in [5.74, 6) is -0.417. The van der Waals surface area contributed by atoms with Crippen LogP contribution in [0.4, 0.5) is 10.5 Å². The molecule has 0 spiro atoms. The summed E-state index contributed by atoms with van der Waals surface area (Å²) >= 11 is 1.53. The van der Waals surface area contributed by atoms with E-state index >= 15 is 0 Å². The zero-order chi connectivity index (χ0) is 14.1. The van der Waals surface area contributed by atoms with E-state index in [1.54, 1.807) is 0 Å². The number of hydrogen-bond acceptors (Lipinski definition) is 3. The molecule has 19 heavy (non-hydrogen) atoms. The minimum Gasteiger partial charge on any atom is -0.481 e. The summed E-state index contributed by atoms with van der Waals surface area (Å²) in [6.07, 6.45) is 2.60. The van der Waals surface area contributed by atoms with E-state index in [2.05, 4.69) is 10.6 Å². The maximum Gasteiger partial charge on any atom is 0.319 e. The third-order valence-electron chi connectivity index (χ3n) is 2.96. The number of rotatable bonds is 8. The van der Waals surface area contributed by atoms with Crippen LogP contribution in [0, 0.1) is 5.92 Å². The second-order valence-corrected chi connectivity index (χ2v) is 5.17. The van der Waals surface area contributed by atoms with Gasteiger partial charge in [0.25, 0.3) is 0 Å². The molecule has 0 saturated heterocycles. The van der Waals surface area contributed by atoms with Crippen LogP contribution in [0.3, 0.4) is 0 Å². The minimum absolute atomic E-state index is 0.194. The van der Waals surface area contributed by atoms with Gasteiger partial charge in [0, 0.05) is 18.3 Å². The molecule has 1 atom stereocenters. The highest BCUT2D eigenvalue weighted by atomic mass is 32.1. The lowest BCUT2D eigenvalue weighted by Gasteiger charge is -2.14. The molecule has 0 saturated carbocycles. The highest BCUT2D eigenvalue weighted by molar-refractivity contribution is 7.08. The lowest BCUT2D eigenvalue weighted by Crippen LogP contribution is -2.30. The maximum absolute atomic E-state index is 11.5. The van der Waals surface area contributed by atoms with Crippen molar-refractivity contribution in [2.45, 2.75) is 32.6 Å².